The maximum Gasteiger partial charge on any atom is 0.219 e. The highest BCUT2D eigenvalue weighted by Crippen LogP contribution is 2.31. The van der Waals surface area contributed by atoms with Crippen LogP contribution in [0.2, 0.25) is 0 Å². The molecule has 0 aliphatic carbocycles. The number of aromatic nitrogens is 1. The van der Waals surface area contributed by atoms with Crippen LogP contribution >= 0.6 is 0 Å². The van der Waals surface area contributed by atoms with Gasteiger partial charge in [0.2, 0.25) is 11.9 Å². The van der Waals surface area contributed by atoms with Crippen LogP contribution in [0.1, 0.15) is 18.9 Å². The maximum atomic E-state index is 12.9. The van der Waals surface area contributed by atoms with Crippen molar-refractivity contribution >= 4 is 0 Å². The number of hydrogen-bond donors (Lipinski definition) is 1. The van der Waals surface area contributed by atoms with E-state index in [0.29, 0.717) is 0 Å². The Labute approximate surface area is 109 Å². The molecule has 19 heavy (non-hydrogen) atoms. The summed E-state index contributed by atoms with van der Waals surface area (Å²) in [6.45, 7) is 2.03. The number of aromatic hydroxyl groups is 1. The first-order chi connectivity index (χ1) is 9.08. The van der Waals surface area contributed by atoms with E-state index in [1.165, 1.54) is 0 Å². The van der Waals surface area contributed by atoms with Gasteiger partial charge in [-0.25, -0.2) is 0 Å². The van der Waals surface area contributed by atoms with Crippen LogP contribution in [-0.4, -0.2) is 10.1 Å². The molecule has 2 rings (SSSR count). The SMILES string of the molecule is CCCc1ccc(Oc2cc(F)nc(F)c2)c(O)c1. The van der Waals surface area contributed by atoms with E-state index in [4.69, 9.17) is 4.74 Å². The number of phenolic OH excluding ortho intramolecular Hbond substituents is 1. The lowest BCUT2D eigenvalue weighted by Crippen LogP contribution is -1.92. The van der Waals surface area contributed by atoms with Crippen molar-refractivity contribution in [2.24, 2.45) is 0 Å². The molecule has 0 fully saturated rings. The number of benzene rings is 1. The molecule has 0 saturated heterocycles. The summed E-state index contributed by atoms with van der Waals surface area (Å²) in [6, 6.07) is 6.83. The first-order valence-electron chi connectivity index (χ1n) is 5.91. The minimum atomic E-state index is -0.975. The van der Waals surface area contributed by atoms with Crippen molar-refractivity contribution < 1.29 is 18.6 Å². The molecule has 0 unspecified atom stereocenters. The number of aryl methyl sites for hydroxylation is 1. The summed E-state index contributed by atoms with van der Waals surface area (Å²) in [5.74, 6) is -1.92. The zero-order valence-electron chi connectivity index (χ0n) is 10.4. The molecule has 0 amide bonds. The second kappa shape index (κ2) is 5.65. The first-order valence-corrected chi connectivity index (χ1v) is 5.91. The van der Waals surface area contributed by atoms with Crippen molar-refractivity contribution in [2.75, 3.05) is 0 Å². The summed E-state index contributed by atoms with van der Waals surface area (Å²) >= 11 is 0. The van der Waals surface area contributed by atoms with Gasteiger partial charge in [-0.2, -0.15) is 13.8 Å². The van der Waals surface area contributed by atoms with Gasteiger partial charge in [-0.15, -0.1) is 0 Å². The number of phenols is 1. The third-order valence-corrected chi connectivity index (χ3v) is 2.53. The van der Waals surface area contributed by atoms with Crippen LogP contribution in [0.5, 0.6) is 17.2 Å². The molecule has 0 atom stereocenters. The van der Waals surface area contributed by atoms with E-state index in [0.717, 1.165) is 30.5 Å². The molecule has 3 nitrogen and oxygen atoms in total. The fraction of sp³-hybridized carbons (Fsp3) is 0.214. The topological polar surface area (TPSA) is 42.4 Å². The van der Waals surface area contributed by atoms with Gasteiger partial charge < -0.3 is 9.84 Å². The Hall–Kier alpha value is -2.17. The fourth-order valence-corrected chi connectivity index (χ4v) is 1.72. The molecule has 0 bridgehead atoms. The molecular weight excluding hydrogens is 252 g/mol. The zero-order valence-corrected chi connectivity index (χ0v) is 10.4. The molecule has 0 aliphatic rings. The van der Waals surface area contributed by atoms with Gasteiger partial charge in [0.25, 0.3) is 0 Å². The Kier molecular flexibility index (Phi) is 3.94. The van der Waals surface area contributed by atoms with Gasteiger partial charge in [-0.1, -0.05) is 19.4 Å². The molecule has 0 spiro atoms. The number of rotatable bonds is 4. The van der Waals surface area contributed by atoms with Crippen LogP contribution < -0.4 is 4.74 Å². The smallest absolute Gasteiger partial charge is 0.219 e. The summed E-state index contributed by atoms with van der Waals surface area (Å²) in [4.78, 5) is 2.96. The summed E-state index contributed by atoms with van der Waals surface area (Å²) in [5.41, 5.74) is 0.972. The van der Waals surface area contributed by atoms with Crippen molar-refractivity contribution in [3.63, 3.8) is 0 Å². The van der Waals surface area contributed by atoms with E-state index in [-0.39, 0.29) is 17.2 Å². The van der Waals surface area contributed by atoms with Crippen LogP contribution in [0, 0.1) is 11.9 Å². The van der Waals surface area contributed by atoms with Crippen LogP contribution in [-0.2, 0) is 6.42 Å². The average molecular weight is 265 g/mol. The van der Waals surface area contributed by atoms with E-state index < -0.39 is 11.9 Å². The monoisotopic (exact) mass is 265 g/mol. The van der Waals surface area contributed by atoms with Crippen molar-refractivity contribution in [1.82, 2.24) is 4.98 Å². The normalized spacial score (nSPS) is 10.5. The summed E-state index contributed by atoms with van der Waals surface area (Å²) in [5, 5.41) is 9.79. The molecule has 1 aromatic carbocycles. The predicted octanol–water partition coefficient (Wildman–Crippen LogP) is 3.81. The van der Waals surface area contributed by atoms with Crippen LogP contribution in [0.25, 0.3) is 0 Å². The number of pyridine rings is 1. The predicted molar refractivity (Wildman–Crippen MR) is 66.3 cm³/mol. The van der Waals surface area contributed by atoms with E-state index in [1.54, 1.807) is 18.2 Å². The van der Waals surface area contributed by atoms with Crippen LogP contribution in [0.3, 0.4) is 0 Å². The average Bonchev–Trinajstić information content (AvgIpc) is 2.32. The minimum absolute atomic E-state index is 0.0523. The third-order valence-electron chi connectivity index (χ3n) is 2.53. The van der Waals surface area contributed by atoms with Gasteiger partial charge in [0.1, 0.15) is 5.75 Å². The number of hydrogen-bond acceptors (Lipinski definition) is 3. The largest absolute Gasteiger partial charge is 0.504 e. The molecule has 1 heterocycles. The second-order valence-corrected chi connectivity index (χ2v) is 4.10. The molecule has 5 heteroatoms. The lowest BCUT2D eigenvalue weighted by atomic mass is 10.1. The molecular formula is C14H13F2NO2. The lowest BCUT2D eigenvalue weighted by Gasteiger charge is -2.09. The standard InChI is InChI=1S/C14H13F2NO2/c1-2-3-9-4-5-12(11(18)6-9)19-10-7-13(15)17-14(16)8-10/h4-8,18H,2-3H2,1H3. The van der Waals surface area contributed by atoms with Gasteiger partial charge in [0.05, 0.1) is 0 Å². The Bertz CT molecular complexity index is 567. The summed E-state index contributed by atoms with van der Waals surface area (Å²) in [6.07, 6.45) is 1.80. The Morgan fingerprint density at radius 3 is 2.42 bits per heavy atom. The van der Waals surface area contributed by atoms with Crippen molar-refractivity contribution in [3.05, 3.63) is 47.8 Å². The Morgan fingerprint density at radius 1 is 1.16 bits per heavy atom. The van der Waals surface area contributed by atoms with Gasteiger partial charge >= 0.3 is 0 Å². The van der Waals surface area contributed by atoms with Gasteiger partial charge in [-0.05, 0) is 24.1 Å². The van der Waals surface area contributed by atoms with E-state index in [2.05, 4.69) is 4.98 Å². The van der Waals surface area contributed by atoms with Crippen LogP contribution in [0.4, 0.5) is 8.78 Å². The highest BCUT2D eigenvalue weighted by molar-refractivity contribution is 5.44. The third kappa shape index (κ3) is 3.40. The van der Waals surface area contributed by atoms with Gasteiger partial charge in [-0.3, -0.25) is 0 Å². The highest BCUT2D eigenvalue weighted by Gasteiger charge is 2.08. The molecule has 2 aromatic rings. The quantitative estimate of drug-likeness (QED) is 0.855. The second-order valence-electron chi connectivity index (χ2n) is 4.10. The maximum absolute atomic E-state index is 12.9. The number of nitrogens with zero attached hydrogens (tertiary/aromatic N) is 1. The molecule has 0 aliphatic heterocycles. The fourth-order valence-electron chi connectivity index (χ4n) is 1.72. The minimum Gasteiger partial charge on any atom is -0.504 e. The Balaban J connectivity index is 2.23. The summed E-state index contributed by atoms with van der Waals surface area (Å²) < 4.78 is 31.0. The summed E-state index contributed by atoms with van der Waals surface area (Å²) in [7, 11) is 0. The molecule has 1 aromatic heterocycles. The number of halogens is 2. The van der Waals surface area contributed by atoms with Crippen molar-refractivity contribution in [3.8, 4) is 17.2 Å². The van der Waals surface area contributed by atoms with Crippen molar-refractivity contribution in [1.29, 1.82) is 0 Å². The highest BCUT2D eigenvalue weighted by atomic mass is 19.1. The molecule has 0 saturated carbocycles. The molecule has 0 radical (unpaired) electrons. The van der Waals surface area contributed by atoms with E-state index >= 15 is 0 Å². The molecule has 1 N–H and O–H groups in total. The van der Waals surface area contributed by atoms with Crippen molar-refractivity contribution in [2.45, 2.75) is 19.8 Å². The first kappa shape index (κ1) is 13.3. The van der Waals surface area contributed by atoms with E-state index in [1.807, 2.05) is 6.92 Å². The zero-order chi connectivity index (χ0) is 13.8. The van der Waals surface area contributed by atoms with E-state index in [9.17, 15) is 13.9 Å². The van der Waals surface area contributed by atoms with Gasteiger partial charge in [0, 0.05) is 12.1 Å². The molecule has 100 valence electrons. The Morgan fingerprint density at radius 2 is 1.84 bits per heavy atom. The lowest BCUT2D eigenvalue weighted by molar-refractivity contribution is 0.403. The van der Waals surface area contributed by atoms with Crippen LogP contribution in [0.15, 0.2) is 30.3 Å². The number of ether oxygens (including phenoxy) is 1. The van der Waals surface area contributed by atoms with Gasteiger partial charge in [0.15, 0.2) is 11.5 Å².